The Hall–Kier alpha value is -2.49. The third-order valence-corrected chi connectivity index (χ3v) is 4.03. The fourth-order valence-electron chi connectivity index (χ4n) is 2.60. The lowest BCUT2D eigenvalue weighted by molar-refractivity contribution is -0.121. The molecule has 25 heavy (non-hydrogen) atoms. The van der Waals surface area contributed by atoms with Crippen molar-refractivity contribution in [2.24, 2.45) is 0 Å². The highest BCUT2D eigenvalue weighted by molar-refractivity contribution is 5.76. The Kier molecular flexibility index (Phi) is 6.87. The molecular weight excluding hydrogens is 314 g/mol. The first-order chi connectivity index (χ1) is 12.0. The molecule has 0 aliphatic carbocycles. The van der Waals surface area contributed by atoms with E-state index in [4.69, 9.17) is 9.47 Å². The molecule has 4 nitrogen and oxygen atoms in total. The van der Waals surface area contributed by atoms with Crippen molar-refractivity contribution in [3.8, 4) is 11.5 Å². The number of amides is 1. The standard InChI is InChI=1S/C21H27NO3/c1-15-5-9-19(10-6-15)25-14-17(3)22-21(23)12-8-18-7-11-20(24-4)16(2)13-18/h5-7,9-11,13,17H,8,12,14H2,1-4H3,(H,22,23)/t17-/m0/s1. The molecule has 2 rings (SSSR count). The van der Waals surface area contributed by atoms with Crippen LogP contribution in [0, 0.1) is 13.8 Å². The first-order valence-corrected chi connectivity index (χ1v) is 8.60. The molecule has 134 valence electrons. The SMILES string of the molecule is COc1ccc(CCC(=O)N[C@@H](C)COc2ccc(C)cc2)cc1C. The Morgan fingerprint density at radius 1 is 1.12 bits per heavy atom. The zero-order valence-corrected chi connectivity index (χ0v) is 15.5. The Bertz CT molecular complexity index is 695. The van der Waals surface area contributed by atoms with Gasteiger partial charge in [0, 0.05) is 6.42 Å². The molecule has 0 heterocycles. The molecule has 0 aromatic heterocycles. The van der Waals surface area contributed by atoms with Crippen LogP contribution in [0.2, 0.25) is 0 Å². The second-order valence-electron chi connectivity index (χ2n) is 6.40. The van der Waals surface area contributed by atoms with Crippen LogP contribution in [0.1, 0.15) is 30.0 Å². The topological polar surface area (TPSA) is 47.6 Å². The van der Waals surface area contributed by atoms with Gasteiger partial charge in [-0.25, -0.2) is 0 Å². The lowest BCUT2D eigenvalue weighted by atomic mass is 10.1. The Morgan fingerprint density at radius 2 is 1.84 bits per heavy atom. The summed E-state index contributed by atoms with van der Waals surface area (Å²) in [5.74, 6) is 1.73. The van der Waals surface area contributed by atoms with Gasteiger partial charge in [-0.15, -0.1) is 0 Å². The fourth-order valence-corrected chi connectivity index (χ4v) is 2.60. The molecule has 0 bridgehead atoms. The van der Waals surface area contributed by atoms with Crippen LogP contribution in [-0.2, 0) is 11.2 Å². The molecule has 0 spiro atoms. The molecule has 4 heteroatoms. The summed E-state index contributed by atoms with van der Waals surface area (Å²) in [7, 11) is 1.66. The molecule has 0 fully saturated rings. The minimum absolute atomic E-state index is 0.0356. The van der Waals surface area contributed by atoms with E-state index in [-0.39, 0.29) is 11.9 Å². The van der Waals surface area contributed by atoms with Crippen molar-refractivity contribution in [2.75, 3.05) is 13.7 Å². The smallest absolute Gasteiger partial charge is 0.220 e. The molecular formula is C21H27NO3. The molecule has 1 atom stereocenters. The lowest BCUT2D eigenvalue weighted by Crippen LogP contribution is -2.36. The summed E-state index contributed by atoms with van der Waals surface area (Å²) in [6.45, 7) is 6.45. The van der Waals surface area contributed by atoms with E-state index < -0.39 is 0 Å². The van der Waals surface area contributed by atoms with Crippen molar-refractivity contribution in [1.29, 1.82) is 0 Å². The van der Waals surface area contributed by atoms with Gasteiger partial charge in [0.2, 0.25) is 5.91 Å². The predicted octanol–water partition coefficient (Wildman–Crippen LogP) is 3.83. The van der Waals surface area contributed by atoms with Gasteiger partial charge in [0.05, 0.1) is 13.2 Å². The second-order valence-corrected chi connectivity index (χ2v) is 6.40. The van der Waals surface area contributed by atoms with Gasteiger partial charge in [-0.3, -0.25) is 4.79 Å². The van der Waals surface area contributed by atoms with Crippen LogP contribution in [0.15, 0.2) is 42.5 Å². The van der Waals surface area contributed by atoms with Gasteiger partial charge in [-0.2, -0.15) is 0 Å². The maximum absolute atomic E-state index is 12.1. The highest BCUT2D eigenvalue weighted by Crippen LogP contribution is 2.19. The Balaban J connectivity index is 1.73. The lowest BCUT2D eigenvalue weighted by Gasteiger charge is -2.15. The molecule has 1 N–H and O–H groups in total. The molecule has 0 unspecified atom stereocenters. The number of carbonyl (C=O) groups is 1. The first kappa shape index (κ1) is 18.8. The van der Waals surface area contributed by atoms with Crippen LogP contribution in [0.25, 0.3) is 0 Å². The Labute approximate surface area is 150 Å². The number of aryl methyl sites for hydroxylation is 3. The summed E-state index contributed by atoms with van der Waals surface area (Å²) in [6.07, 6.45) is 1.17. The van der Waals surface area contributed by atoms with Gasteiger partial charge in [0.1, 0.15) is 18.1 Å². The van der Waals surface area contributed by atoms with Crippen molar-refractivity contribution in [1.82, 2.24) is 5.32 Å². The van der Waals surface area contributed by atoms with Crippen molar-refractivity contribution in [3.05, 3.63) is 59.2 Å². The van der Waals surface area contributed by atoms with Crippen LogP contribution in [0.5, 0.6) is 11.5 Å². The number of hydrogen-bond acceptors (Lipinski definition) is 3. The van der Waals surface area contributed by atoms with Crippen molar-refractivity contribution >= 4 is 5.91 Å². The maximum atomic E-state index is 12.1. The molecule has 0 aliphatic rings. The summed E-state index contributed by atoms with van der Waals surface area (Å²) >= 11 is 0. The van der Waals surface area contributed by atoms with Crippen molar-refractivity contribution in [2.45, 2.75) is 39.7 Å². The number of carbonyl (C=O) groups excluding carboxylic acids is 1. The van der Waals surface area contributed by atoms with E-state index >= 15 is 0 Å². The van der Waals surface area contributed by atoms with Crippen molar-refractivity contribution in [3.63, 3.8) is 0 Å². The monoisotopic (exact) mass is 341 g/mol. The molecule has 0 saturated carbocycles. The van der Waals surface area contributed by atoms with Crippen molar-refractivity contribution < 1.29 is 14.3 Å². The minimum atomic E-state index is -0.0357. The summed E-state index contributed by atoms with van der Waals surface area (Å²) < 4.78 is 11.0. The maximum Gasteiger partial charge on any atom is 0.220 e. The zero-order valence-electron chi connectivity index (χ0n) is 15.5. The molecule has 0 aliphatic heterocycles. The second kappa shape index (κ2) is 9.11. The van der Waals surface area contributed by atoms with E-state index in [1.54, 1.807) is 7.11 Å². The number of ether oxygens (including phenoxy) is 2. The highest BCUT2D eigenvalue weighted by Gasteiger charge is 2.09. The minimum Gasteiger partial charge on any atom is -0.496 e. The number of methoxy groups -OCH3 is 1. The molecule has 2 aromatic rings. The van der Waals surface area contributed by atoms with Gasteiger partial charge in [0.15, 0.2) is 0 Å². The average molecular weight is 341 g/mol. The zero-order chi connectivity index (χ0) is 18.2. The number of rotatable bonds is 8. The van der Waals surface area contributed by atoms with Crippen LogP contribution >= 0.6 is 0 Å². The molecule has 0 saturated heterocycles. The average Bonchev–Trinajstić information content (AvgIpc) is 2.59. The Morgan fingerprint density at radius 3 is 2.48 bits per heavy atom. The molecule has 2 aromatic carbocycles. The number of hydrogen-bond donors (Lipinski definition) is 1. The van der Waals surface area contributed by atoms with Gasteiger partial charge >= 0.3 is 0 Å². The third kappa shape index (κ3) is 6.14. The van der Waals surface area contributed by atoms with Gasteiger partial charge in [0.25, 0.3) is 0 Å². The largest absolute Gasteiger partial charge is 0.496 e. The van der Waals surface area contributed by atoms with E-state index in [1.807, 2.05) is 57.2 Å². The van der Waals surface area contributed by atoms with Crippen LogP contribution in [-0.4, -0.2) is 25.7 Å². The third-order valence-electron chi connectivity index (χ3n) is 4.03. The summed E-state index contributed by atoms with van der Waals surface area (Å²) in [5.41, 5.74) is 3.42. The van der Waals surface area contributed by atoms with E-state index in [0.717, 1.165) is 22.6 Å². The van der Waals surface area contributed by atoms with E-state index in [0.29, 0.717) is 19.4 Å². The van der Waals surface area contributed by atoms with E-state index in [1.165, 1.54) is 5.56 Å². The van der Waals surface area contributed by atoms with Gasteiger partial charge < -0.3 is 14.8 Å². The first-order valence-electron chi connectivity index (χ1n) is 8.60. The summed E-state index contributed by atoms with van der Waals surface area (Å²) in [4.78, 5) is 12.1. The van der Waals surface area contributed by atoms with Crippen LogP contribution in [0.3, 0.4) is 0 Å². The van der Waals surface area contributed by atoms with Crippen LogP contribution in [0.4, 0.5) is 0 Å². The summed E-state index contributed by atoms with van der Waals surface area (Å²) in [5, 5.41) is 2.98. The quantitative estimate of drug-likeness (QED) is 0.794. The number of nitrogens with one attached hydrogen (secondary N) is 1. The molecule has 1 amide bonds. The van der Waals surface area contributed by atoms with Gasteiger partial charge in [-0.05, 0) is 56.5 Å². The normalized spacial score (nSPS) is 11.7. The predicted molar refractivity (Wildman–Crippen MR) is 100 cm³/mol. The van der Waals surface area contributed by atoms with E-state index in [2.05, 4.69) is 11.4 Å². The summed E-state index contributed by atoms with van der Waals surface area (Å²) in [6, 6.07) is 13.9. The highest BCUT2D eigenvalue weighted by atomic mass is 16.5. The fraction of sp³-hybridized carbons (Fsp3) is 0.381. The molecule has 0 radical (unpaired) electrons. The van der Waals surface area contributed by atoms with E-state index in [9.17, 15) is 4.79 Å². The number of benzene rings is 2. The van der Waals surface area contributed by atoms with Gasteiger partial charge in [-0.1, -0.05) is 29.8 Å². The van der Waals surface area contributed by atoms with Crippen LogP contribution < -0.4 is 14.8 Å².